The fraction of sp³-hybridized carbons (Fsp3) is 0.250. The van der Waals surface area contributed by atoms with Crippen molar-refractivity contribution in [1.29, 1.82) is 0 Å². The van der Waals surface area contributed by atoms with Gasteiger partial charge < -0.3 is 9.64 Å². The van der Waals surface area contributed by atoms with Crippen LogP contribution >= 0.6 is 0 Å². The van der Waals surface area contributed by atoms with E-state index >= 15 is 0 Å². The van der Waals surface area contributed by atoms with Crippen molar-refractivity contribution in [2.45, 2.75) is 17.9 Å². The van der Waals surface area contributed by atoms with Crippen LogP contribution in [0.5, 0.6) is 0 Å². The summed E-state index contributed by atoms with van der Waals surface area (Å²) in [5, 5.41) is 0. The lowest BCUT2D eigenvalue weighted by molar-refractivity contribution is -0.133. The van der Waals surface area contributed by atoms with Crippen molar-refractivity contribution in [2.75, 3.05) is 26.2 Å². The number of esters is 1. The molecule has 0 saturated carbocycles. The third kappa shape index (κ3) is 5.33. The van der Waals surface area contributed by atoms with E-state index in [0.29, 0.717) is 32.6 Å². The van der Waals surface area contributed by atoms with Gasteiger partial charge in [0.05, 0.1) is 10.5 Å². The van der Waals surface area contributed by atoms with Crippen molar-refractivity contribution < 1.29 is 22.7 Å². The Bertz CT molecular complexity index is 1100. The van der Waals surface area contributed by atoms with Crippen LogP contribution in [0.4, 0.5) is 0 Å². The average Bonchev–Trinajstić information content (AvgIpc) is 2.82. The third-order valence-electron chi connectivity index (χ3n) is 5.20. The van der Waals surface area contributed by atoms with E-state index in [9.17, 15) is 18.0 Å². The van der Waals surface area contributed by atoms with E-state index in [1.54, 1.807) is 12.2 Å². The molecule has 1 amide bonds. The molecule has 1 aliphatic rings. The Kier molecular flexibility index (Phi) is 7.61. The molecule has 0 radical (unpaired) electrons. The van der Waals surface area contributed by atoms with Gasteiger partial charge in [-0.25, -0.2) is 13.2 Å². The maximum atomic E-state index is 13.0. The quantitative estimate of drug-likeness (QED) is 0.430. The number of fused-ring (bicyclic) bond motifs is 1. The van der Waals surface area contributed by atoms with Crippen molar-refractivity contribution in [3.63, 3.8) is 0 Å². The molecule has 168 valence electrons. The molecule has 32 heavy (non-hydrogen) atoms. The minimum Gasteiger partial charge on any atom is -0.452 e. The second-order valence-electron chi connectivity index (χ2n) is 7.33. The van der Waals surface area contributed by atoms with Crippen LogP contribution in [0.3, 0.4) is 0 Å². The first-order valence-corrected chi connectivity index (χ1v) is 11.6. The summed E-state index contributed by atoms with van der Waals surface area (Å²) in [7, 11) is -3.70. The van der Waals surface area contributed by atoms with E-state index in [1.165, 1.54) is 33.5 Å². The van der Waals surface area contributed by atoms with Crippen molar-refractivity contribution in [3.05, 3.63) is 90.5 Å². The van der Waals surface area contributed by atoms with Crippen LogP contribution in [-0.2, 0) is 32.5 Å². The van der Waals surface area contributed by atoms with Crippen molar-refractivity contribution in [1.82, 2.24) is 9.21 Å². The Morgan fingerprint density at radius 3 is 2.25 bits per heavy atom. The van der Waals surface area contributed by atoms with E-state index in [1.807, 2.05) is 24.3 Å². The number of rotatable bonds is 9. The minimum atomic E-state index is -3.70. The highest BCUT2D eigenvalue weighted by Crippen LogP contribution is 2.25. The Balaban J connectivity index is 1.64. The second kappa shape index (κ2) is 10.4. The van der Waals surface area contributed by atoms with E-state index < -0.39 is 22.6 Å². The summed E-state index contributed by atoms with van der Waals surface area (Å²) in [5.74, 6) is -1.07. The Hall–Kier alpha value is -3.23. The molecule has 0 saturated heterocycles. The molecular formula is C24H26N2O5S. The lowest BCUT2D eigenvalue weighted by Gasteiger charge is -2.28. The predicted molar refractivity (Wildman–Crippen MR) is 121 cm³/mol. The number of benzene rings is 2. The van der Waals surface area contributed by atoms with Gasteiger partial charge in [0.25, 0.3) is 5.91 Å². The van der Waals surface area contributed by atoms with Crippen LogP contribution in [0.1, 0.15) is 21.5 Å². The van der Waals surface area contributed by atoms with Gasteiger partial charge in [-0.2, -0.15) is 4.31 Å². The number of amides is 1. The molecule has 0 aliphatic carbocycles. The normalized spacial score (nSPS) is 13.6. The molecule has 1 aliphatic heterocycles. The SMILES string of the molecule is C=CCN(CC=C)C(=O)COC(=O)c1ccc(S(=O)(=O)N2CCc3ccccc3C2)cc1. The molecular weight excluding hydrogens is 428 g/mol. The van der Waals surface area contributed by atoms with Crippen LogP contribution in [0.25, 0.3) is 0 Å². The summed E-state index contributed by atoms with van der Waals surface area (Å²) in [6.07, 6.45) is 3.80. The summed E-state index contributed by atoms with van der Waals surface area (Å²) in [5.41, 5.74) is 2.32. The van der Waals surface area contributed by atoms with Gasteiger partial charge in [-0.15, -0.1) is 13.2 Å². The fourth-order valence-corrected chi connectivity index (χ4v) is 4.90. The molecule has 0 N–H and O–H groups in total. The van der Waals surface area contributed by atoms with E-state index in [0.717, 1.165) is 11.1 Å². The molecule has 3 rings (SSSR count). The predicted octanol–water partition coefficient (Wildman–Crippen LogP) is 2.79. The maximum Gasteiger partial charge on any atom is 0.338 e. The zero-order chi connectivity index (χ0) is 23.1. The number of carbonyl (C=O) groups is 2. The highest BCUT2D eigenvalue weighted by Gasteiger charge is 2.28. The lowest BCUT2D eigenvalue weighted by atomic mass is 10.0. The number of nitrogens with zero attached hydrogens (tertiary/aromatic N) is 2. The van der Waals surface area contributed by atoms with Gasteiger partial charge in [-0.1, -0.05) is 36.4 Å². The molecule has 2 aromatic carbocycles. The van der Waals surface area contributed by atoms with Gasteiger partial charge >= 0.3 is 5.97 Å². The van der Waals surface area contributed by atoms with Crippen molar-refractivity contribution >= 4 is 21.9 Å². The number of sulfonamides is 1. The summed E-state index contributed by atoms with van der Waals surface area (Å²) in [6, 6.07) is 13.3. The van der Waals surface area contributed by atoms with Crippen molar-refractivity contribution in [3.8, 4) is 0 Å². The largest absolute Gasteiger partial charge is 0.452 e. The van der Waals surface area contributed by atoms with E-state index in [2.05, 4.69) is 13.2 Å². The van der Waals surface area contributed by atoms with E-state index in [4.69, 9.17) is 4.74 Å². The molecule has 7 nitrogen and oxygen atoms in total. The Morgan fingerprint density at radius 1 is 1.00 bits per heavy atom. The summed E-state index contributed by atoms with van der Waals surface area (Å²) >= 11 is 0. The Labute approximate surface area is 188 Å². The number of hydrogen-bond acceptors (Lipinski definition) is 5. The molecule has 2 aromatic rings. The van der Waals surface area contributed by atoms with Gasteiger partial charge in [0.1, 0.15) is 0 Å². The first-order chi connectivity index (χ1) is 15.4. The third-order valence-corrected chi connectivity index (χ3v) is 7.06. The first kappa shape index (κ1) is 23.4. The molecule has 8 heteroatoms. The van der Waals surface area contributed by atoms with E-state index in [-0.39, 0.29) is 16.4 Å². The standard InChI is InChI=1S/C24H26N2O5S/c1-3-14-25(15-4-2)23(27)18-31-24(28)20-9-11-22(12-10-20)32(29,30)26-16-13-19-7-5-6-8-21(19)17-26/h3-12H,1-2,13-18H2. The zero-order valence-corrected chi connectivity index (χ0v) is 18.6. The minimum absolute atomic E-state index is 0.104. The lowest BCUT2D eigenvalue weighted by Crippen LogP contribution is -2.36. The van der Waals surface area contributed by atoms with Gasteiger partial charge in [0.2, 0.25) is 10.0 Å². The highest BCUT2D eigenvalue weighted by atomic mass is 32.2. The second-order valence-corrected chi connectivity index (χ2v) is 9.27. The zero-order valence-electron chi connectivity index (χ0n) is 17.8. The smallest absolute Gasteiger partial charge is 0.338 e. The van der Waals surface area contributed by atoms with Crippen LogP contribution in [0, 0.1) is 0 Å². The van der Waals surface area contributed by atoms with Crippen LogP contribution in [0.15, 0.2) is 78.7 Å². The molecule has 0 spiro atoms. The van der Waals surface area contributed by atoms with Gasteiger partial charge in [-0.3, -0.25) is 4.79 Å². The first-order valence-electron chi connectivity index (χ1n) is 10.2. The number of hydrogen-bond donors (Lipinski definition) is 0. The summed E-state index contributed by atoms with van der Waals surface area (Å²) in [4.78, 5) is 26.0. The number of ether oxygens (including phenoxy) is 1. The van der Waals surface area contributed by atoms with Gasteiger partial charge in [0.15, 0.2) is 6.61 Å². The average molecular weight is 455 g/mol. The fourth-order valence-electron chi connectivity index (χ4n) is 3.48. The molecule has 0 bridgehead atoms. The maximum absolute atomic E-state index is 13.0. The summed E-state index contributed by atoms with van der Waals surface area (Å²) < 4.78 is 32.6. The molecule has 0 fully saturated rings. The molecule has 0 unspecified atom stereocenters. The van der Waals surface area contributed by atoms with Gasteiger partial charge in [-0.05, 0) is 41.8 Å². The summed E-state index contributed by atoms with van der Waals surface area (Å²) in [6.45, 7) is 8.11. The topological polar surface area (TPSA) is 84.0 Å². The molecule has 0 aromatic heterocycles. The van der Waals surface area contributed by atoms with Crippen molar-refractivity contribution in [2.24, 2.45) is 0 Å². The van der Waals surface area contributed by atoms with Crippen LogP contribution < -0.4 is 0 Å². The van der Waals surface area contributed by atoms with Crippen LogP contribution in [-0.4, -0.2) is 55.7 Å². The van der Waals surface area contributed by atoms with Gasteiger partial charge in [0, 0.05) is 26.2 Å². The number of carbonyl (C=O) groups excluding carboxylic acids is 2. The van der Waals surface area contributed by atoms with Crippen LogP contribution in [0.2, 0.25) is 0 Å². The monoisotopic (exact) mass is 454 g/mol. The molecule has 1 heterocycles. The highest BCUT2D eigenvalue weighted by molar-refractivity contribution is 7.89. The Morgan fingerprint density at radius 2 is 1.62 bits per heavy atom. The molecule has 0 atom stereocenters.